The molecule has 3 N–H and O–H groups in total. The fraction of sp³-hybridized carbons (Fsp3) is 0.667. The van der Waals surface area contributed by atoms with Crippen LogP contribution in [0.3, 0.4) is 0 Å². The number of rotatable bonds is 2. The third kappa shape index (κ3) is 2.24. The zero-order chi connectivity index (χ0) is 9.97. The van der Waals surface area contributed by atoms with Gasteiger partial charge in [0.2, 0.25) is 0 Å². The Hall–Kier alpha value is -1.07. The molecule has 0 saturated carbocycles. The molecule has 2 rings (SSSR count). The fourth-order valence-electron chi connectivity index (χ4n) is 1.88. The molecule has 78 valence electrons. The first-order valence-electron chi connectivity index (χ1n) is 4.92. The maximum atomic E-state index is 10.9. The van der Waals surface area contributed by atoms with E-state index < -0.39 is 0 Å². The van der Waals surface area contributed by atoms with Gasteiger partial charge in [-0.2, -0.15) is 0 Å². The first kappa shape index (κ1) is 9.48. The molecule has 0 aromatic carbocycles. The summed E-state index contributed by atoms with van der Waals surface area (Å²) in [6, 6.07) is 2.07. The second-order valence-corrected chi connectivity index (χ2v) is 3.90. The van der Waals surface area contributed by atoms with Crippen molar-refractivity contribution in [2.75, 3.05) is 26.7 Å². The Morgan fingerprint density at radius 3 is 3.07 bits per heavy atom. The first-order chi connectivity index (χ1) is 6.74. The van der Waals surface area contributed by atoms with Crippen molar-refractivity contribution in [2.24, 2.45) is 0 Å². The normalized spacial score (nSPS) is 23.9. The van der Waals surface area contributed by atoms with Crippen molar-refractivity contribution < 1.29 is 0 Å². The van der Waals surface area contributed by atoms with Crippen molar-refractivity contribution >= 4 is 0 Å². The molecule has 1 saturated heterocycles. The summed E-state index contributed by atoms with van der Waals surface area (Å²) in [5, 5.41) is 8.85. The molecule has 5 nitrogen and oxygen atoms in total. The summed E-state index contributed by atoms with van der Waals surface area (Å²) in [5.41, 5.74) is 0.923. The number of hydrogen-bond donors (Lipinski definition) is 3. The number of aromatic nitrogens is 2. The Morgan fingerprint density at radius 1 is 1.57 bits per heavy atom. The van der Waals surface area contributed by atoms with Crippen LogP contribution in [0, 0.1) is 0 Å². The lowest BCUT2D eigenvalue weighted by atomic mass is 10.1. The van der Waals surface area contributed by atoms with Crippen molar-refractivity contribution in [3.8, 4) is 0 Å². The van der Waals surface area contributed by atoms with E-state index in [-0.39, 0.29) is 5.56 Å². The van der Waals surface area contributed by atoms with Crippen LogP contribution in [0.1, 0.15) is 5.69 Å². The predicted molar refractivity (Wildman–Crippen MR) is 54.4 cm³/mol. The summed E-state index contributed by atoms with van der Waals surface area (Å²) in [6.45, 7) is 3.16. The third-order valence-electron chi connectivity index (χ3n) is 2.58. The van der Waals surface area contributed by atoms with Crippen LogP contribution in [-0.4, -0.2) is 47.8 Å². The number of piperazine rings is 1. The van der Waals surface area contributed by atoms with Gasteiger partial charge in [-0.1, -0.05) is 0 Å². The van der Waals surface area contributed by atoms with Crippen molar-refractivity contribution in [3.05, 3.63) is 22.1 Å². The van der Waals surface area contributed by atoms with Gasteiger partial charge in [-0.3, -0.25) is 9.89 Å². The SMILES string of the molecule is CN1CCNC(Cc2cc(=O)[nH][nH]2)C1. The van der Waals surface area contributed by atoms with Crippen molar-refractivity contribution in [1.29, 1.82) is 0 Å². The summed E-state index contributed by atoms with van der Waals surface area (Å²) in [7, 11) is 2.12. The monoisotopic (exact) mass is 196 g/mol. The molecule has 1 aromatic heterocycles. The highest BCUT2D eigenvalue weighted by Gasteiger charge is 2.16. The van der Waals surface area contributed by atoms with E-state index in [0.29, 0.717) is 6.04 Å². The van der Waals surface area contributed by atoms with Gasteiger partial charge >= 0.3 is 0 Å². The summed E-state index contributed by atoms with van der Waals surface area (Å²) in [6.07, 6.45) is 0.878. The van der Waals surface area contributed by atoms with Crippen LogP contribution in [0.2, 0.25) is 0 Å². The highest BCUT2D eigenvalue weighted by Crippen LogP contribution is 2.01. The van der Waals surface area contributed by atoms with E-state index in [1.807, 2.05) is 0 Å². The second-order valence-electron chi connectivity index (χ2n) is 3.90. The smallest absolute Gasteiger partial charge is 0.264 e. The van der Waals surface area contributed by atoms with E-state index in [1.165, 1.54) is 0 Å². The molecule has 0 spiro atoms. The summed E-state index contributed by atoms with van der Waals surface area (Å²) < 4.78 is 0. The summed E-state index contributed by atoms with van der Waals surface area (Å²) in [5.74, 6) is 0. The molecule has 0 bridgehead atoms. The minimum atomic E-state index is -0.0517. The minimum Gasteiger partial charge on any atom is -0.311 e. The van der Waals surface area contributed by atoms with Gasteiger partial charge in [-0.15, -0.1) is 0 Å². The van der Waals surface area contributed by atoms with Crippen LogP contribution in [0.4, 0.5) is 0 Å². The molecular formula is C9H16N4O. The van der Waals surface area contributed by atoms with Gasteiger partial charge in [-0.05, 0) is 7.05 Å². The van der Waals surface area contributed by atoms with Crippen LogP contribution in [0.15, 0.2) is 10.9 Å². The average molecular weight is 196 g/mol. The predicted octanol–water partition coefficient (Wildman–Crippen LogP) is -0.851. The molecule has 1 fully saturated rings. The molecule has 14 heavy (non-hydrogen) atoms. The lowest BCUT2D eigenvalue weighted by molar-refractivity contribution is 0.237. The van der Waals surface area contributed by atoms with E-state index in [2.05, 4.69) is 27.5 Å². The molecule has 0 aliphatic carbocycles. The molecule has 0 amide bonds. The molecular weight excluding hydrogens is 180 g/mol. The quantitative estimate of drug-likeness (QED) is 0.577. The largest absolute Gasteiger partial charge is 0.311 e. The van der Waals surface area contributed by atoms with Crippen LogP contribution >= 0.6 is 0 Å². The topological polar surface area (TPSA) is 63.9 Å². The number of likely N-dealkylation sites (N-methyl/N-ethyl adjacent to an activating group) is 1. The minimum absolute atomic E-state index is 0.0517. The Kier molecular flexibility index (Phi) is 2.69. The van der Waals surface area contributed by atoms with Gasteiger partial charge in [0, 0.05) is 43.9 Å². The van der Waals surface area contributed by atoms with Gasteiger partial charge in [0.15, 0.2) is 0 Å². The second kappa shape index (κ2) is 3.98. The number of hydrogen-bond acceptors (Lipinski definition) is 3. The van der Waals surface area contributed by atoms with Gasteiger partial charge in [0.1, 0.15) is 0 Å². The van der Waals surface area contributed by atoms with Crippen LogP contribution < -0.4 is 10.9 Å². The molecule has 0 radical (unpaired) electrons. The maximum absolute atomic E-state index is 10.9. The van der Waals surface area contributed by atoms with Crippen LogP contribution in [0.25, 0.3) is 0 Å². The van der Waals surface area contributed by atoms with Crippen LogP contribution in [0.5, 0.6) is 0 Å². The Labute approximate surface area is 82.5 Å². The first-order valence-corrected chi connectivity index (χ1v) is 4.92. The highest BCUT2D eigenvalue weighted by molar-refractivity contribution is 5.01. The standard InChI is InChI=1S/C9H16N4O/c1-13-3-2-10-8(6-13)4-7-5-9(14)12-11-7/h5,8,10H,2-4,6H2,1H3,(H2,11,12,14). The van der Waals surface area contributed by atoms with E-state index >= 15 is 0 Å². The molecule has 5 heteroatoms. The zero-order valence-electron chi connectivity index (χ0n) is 8.34. The highest BCUT2D eigenvalue weighted by atomic mass is 16.1. The summed E-state index contributed by atoms with van der Waals surface area (Å²) >= 11 is 0. The molecule has 2 heterocycles. The fourth-order valence-corrected chi connectivity index (χ4v) is 1.88. The molecule has 1 unspecified atom stereocenters. The number of nitrogens with one attached hydrogen (secondary N) is 3. The van der Waals surface area contributed by atoms with E-state index in [1.54, 1.807) is 6.07 Å². The van der Waals surface area contributed by atoms with E-state index in [4.69, 9.17) is 0 Å². The Balaban J connectivity index is 1.93. The number of nitrogens with zero attached hydrogens (tertiary/aromatic N) is 1. The lowest BCUT2D eigenvalue weighted by Crippen LogP contribution is -2.49. The van der Waals surface area contributed by atoms with Crippen molar-refractivity contribution in [2.45, 2.75) is 12.5 Å². The van der Waals surface area contributed by atoms with Gasteiger partial charge in [0.05, 0.1) is 0 Å². The molecule has 1 atom stereocenters. The Bertz CT molecular complexity index is 343. The number of H-pyrrole nitrogens is 2. The van der Waals surface area contributed by atoms with Crippen LogP contribution in [-0.2, 0) is 6.42 Å². The molecule has 1 aliphatic heterocycles. The van der Waals surface area contributed by atoms with Gasteiger partial charge in [-0.25, -0.2) is 0 Å². The lowest BCUT2D eigenvalue weighted by Gasteiger charge is -2.30. The van der Waals surface area contributed by atoms with Crippen molar-refractivity contribution in [3.63, 3.8) is 0 Å². The van der Waals surface area contributed by atoms with Gasteiger partial charge < -0.3 is 15.3 Å². The van der Waals surface area contributed by atoms with Gasteiger partial charge in [0.25, 0.3) is 5.56 Å². The molecule has 1 aliphatic rings. The Morgan fingerprint density at radius 2 is 2.43 bits per heavy atom. The summed E-state index contributed by atoms with van der Waals surface area (Å²) in [4.78, 5) is 13.2. The van der Waals surface area contributed by atoms with E-state index in [0.717, 1.165) is 31.7 Å². The third-order valence-corrected chi connectivity index (χ3v) is 2.58. The number of aromatic amines is 2. The average Bonchev–Trinajstić information content (AvgIpc) is 2.51. The van der Waals surface area contributed by atoms with Crippen molar-refractivity contribution in [1.82, 2.24) is 20.4 Å². The maximum Gasteiger partial charge on any atom is 0.264 e. The zero-order valence-corrected chi connectivity index (χ0v) is 8.34. The van der Waals surface area contributed by atoms with E-state index in [9.17, 15) is 4.79 Å². The molecule has 1 aromatic rings.